The molecule has 1 radical (unpaired) electrons. The van der Waals surface area contributed by atoms with Crippen LogP contribution in [0.4, 0.5) is 0 Å². The second kappa shape index (κ2) is 2.98. The zero-order valence-corrected chi connectivity index (χ0v) is 5.26. The van der Waals surface area contributed by atoms with Crippen molar-refractivity contribution in [2.75, 3.05) is 0 Å². The molecule has 1 aromatic rings. The lowest BCUT2D eigenvalue weighted by Gasteiger charge is -1.98. The molecule has 1 aromatic carbocycles. The third-order valence-corrected chi connectivity index (χ3v) is 1.09. The summed E-state index contributed by atoms with van der Waals surface area (Å²) in [4.78, 5) is 0. The smallest absolute Gasteiger partial charge is 0.149 e. The first-order valence-corrected chi connectivity index (χ1v) is 2.80. The van der Waals surface area contributed by atoms with Gasteiger partial charge in [0.2, 0.25) is 0 Å². The molecule has 0 bridgehead atoms. The standard InChI is InChI=1S/C7H7N2O/c8-7(9-10)6-4-2-1-3-5-6/h1-4,10H,(H2,8,9). The SMILES string of the molecule is N=C(NO)c1[c]cccc1. The van der Waals surface area contributed by atoms with E-state index >= 15 is 0 Å². The average molecular weight is 135 g/mol. The van der Waals surface area contributed by atoms with Crippen molar-refractivity contribution in [1.82, 2.24) is 5.48 Å². The summed E-state index contributed by atoms with van der Waals surface area (Å²) < 4.78 is 0. The van der Waals surface area contributed by atoms with Gasteiger partial charge in [0.05, 0.1) is 0 Å². The van der Waals surface area contributed by atoms with Crippen molar-refractivity contribution in [2.24, 2.45) is 0 Å². The van der Waals surface area contributed by atoms with Crippen molar-refractivity contribution < 1.29 is 5.21 Å². The second-order valence-electron chi connectivity index (χ2n) is 1.76. The van der Waals surface area contributed by atoms with Gasteiger partial charge < -0.3 is 0 Å². The van der Waals surface area contributed by atoms with Crippen molar-refractivity contribution in [3.63, 3.8) is 0 Å². The van der Waals surface area contributed by atoms with Crippen LogP contribution in [-0.4, -0.2) is 11.0 Å². The molecule has 0 atom stereocenters. The zero-order chi connectivity index (χ0) is 7.40. The van der Waals surface area contributed by atoms with E-state index < -0.39 is 0 Å². The lowest BCUT2D eigenvalue weighted by molar-refractivity contribution is 0.234. The van der Waals surface area contributed by atoms with Gasteiger partial charge in [0.15, 0.2) is 0 Å². The number of hydrogen-bond acceptors (Lipinski definition) is 2. The van der Waals surface area contributed by atoms with Gasteiger partial charge in [-0.2, -0.15) is 0 Å². The molecule has 3 N–H and O–H groups in total. The number of hydroxylamine groups is 1. The Morgan fingerprint density at radius 3 is 2.90 bits per heavy atom. The monoisotopic (exact) mass is 135 g/mol. The predicted molar refractivity (Wildman–Crippen MR) is 37.0 cm³/mol. The molecule has 0 amide bonds. The van der Waals surface area contributed by atoms with Crippen LogP contribution >= 0.6 is 0 Å². The van der Waals surface area contributed by atoms with Gasteiger partial charge in [-0.3, -0.25) is 16.1 Å². The maximum absolute atomic E-state index is 8.29. The van der Waals surface area contributed by atoms with Crippen LogP contribution in [0.3, 0.4) is 0 Å². The molecular weight excluding hydrogens is 128 g/mol. The summed E-state index contributed by atoms with van der Waals surface area (Å²) >= 11 is 0. The molecule has 0 saturated heterocycles. The molecule has 0 unspecified atom stereocenters. The van der Waals surface area contributed by atoms with Crippen molar-refractivity contribution in [1.29, 1.82) is 5.41 Å². The number of benzene rings is 1. The molecule has 51 valence electrons. The fraction of sp³-hybridized carbons (Fsp3) is 0. The maximum Gasteiger partial charge on any atom is 0.149 e. The minimum Gasteiger partial charge on any atom is -0.290 e. The summed E-state index contributed by atoms with van der Waals surface area (Å²) in [7, 11) is 0. The van der Waals surface area contributed by atoms with Gasteiger partial charge in [-0.05, 0) is 6.07 Å². The Labute approximate surface area is 58.8 Å². The van der Waals surface area contributed by atoms with Crippen molar-refractivity contribution in [2.45, 2.75) is 0 Å². The summed E-state index contributed by atoms with van der Waals surface area (Å²) in [5.41, 5.74) is 2.28. The van der Waals surface area contributed by atoms with E-state index in [2.05, 4.69) is 6.07 Å². The van der Waals surface area contributed by atoms with Gasteiger partial charge in [-0.15, -0.1) is 0 Å². The van der Waals surface area contributed by atoms with Crippen molar-refractivity contribution in [3.8, 4) is 0 Å². The molecule has 1 rings (SSSR count). The van der Waals surface area contributed by atoms with E-state index in [1.54, 1.807) is 29.7 Å². The summed E-state index contributed by atoms with van der Waals surface area (Å²) in [6.45, 7) is 0. The van der Waals surface area contributed by atoms with Crippen LogP contribution < -0.4 is 5.48 Å². The van der Waals surface area contributed by atoms with E-state index in [0.717, 1.165) is 0 Å². The van der Waals surface area contributed by atoms with Crippen molar-refractivity contribution >= 4 is 5.84 Å². The van der Waals surface area contributed by atoms with Gasteiger partial charge >= 0.3 is 0 Å². The zero-order valence-electron chi connectivity index (χ0n) is 5.26. The number of amidine groups is 1. The van der Waals surface area contributed by atoms with Crippen LogP contribution in [0.2, 0.25) is 0 Å². The highest BCUT2D eigenvalue weighted by Crippen LogP contribution is 1.95. The average Bonchev–Trinajstić information content (AvgIpc) is 2.05. The first-order valence-electron chi connectivity index (χ1n) is 2.80. The molecule has 0 saturated carbocycles. The normalized spacial score (nSPS) is 8.90. The number of nitrogens with one attached hydrogen (secondary N) is 2. The molecule has 3 heteroatoms. The first kappa shape index (κ1) is 6.77. The Bertz CT molecular complexity index is 220. The topological polar surface area (TPSA) is 56.1 Å². The Hall–Kier alpha value is -1.35. The molecule has 0 aliphatic heterocycles. The van der Waals surface area contributed by atoms with Gasteiger partial charge in [0.1, 0.15) is 5.84 Å². The van der Waals surface area contributed by atoms with Crippen LogP contribution in [0, 0.1) is 11.5 Å². The van der Waals surface area contributed by atoms with Crippen LogP contribution in [0.1, 0.15) is 5.56 Å². The van der Waals surface area contributed by atoms with E-state index in [9.17, 15) is 0 Å². The van der Waals surface area contributed by atoms with E-state index in [-0.39, 0.29) is 5.84 Å². The summed E-state index contributed by atoms with van der Waals surface area (Å²) in [5, 5.41) is 15.4. The van der Waals surface area contributed by atoms with Crippen LogP contribution in [-0.2, 0) is 0 Å². The van der Waals surface area contributed by atoms with Crippen molar-refractivity contribution in [3.05, 3.63) is 35.9 Å². The molecule has 0 heterocycles. The van der Waals surface area contributed by atoms with Gasteiger partial charge in [0, 0.05) is 5.56 Å². The highest BCUT2D eigenvalue weighted by Gasteiger charge is 1.95. The fourth-order valence-electron chi connectivity index (χ4n) is 0.609. The Morgan fingerprint density at radius 1 is 1.60 bits per heavy atom. The third kappa shape index (κ3) is 1.33. The van der Waals surface area contributed by atoms with E-state index in [4.69, 9.17) is 10.6 Å². The van der Waals surface area contributed by atoms with Crippen LogP contribution in [0.25, 0.3) is 0 Å². The quantitative estimate of drug-likeness (QED) is 0.303. The van der Waals surface area contributed by atoms with E-state index in [0.29, 0.717) is 5.56 Å². The minimum atomic E-state index is -0.0411. The van der Waals surface area contributed by atoms with E-state index in [1.165, 1.54) is 0 Å². The summed E-state index contributed by atoms with van der Waals surface area (Å²) in [6.07, 6.45) is 0. The Kier molecular flexibility index (Phi) is 2.02. The lowest BCUT2D eigenvalue weighted by atomic mass is 10.2. The fourth-order valence-corrected chi connectivity index (χ4v) is 0.609. The van der Waals surface area contributed by atoms with E-state index in [1.807, 2.05) is 0 Å². The number of rotatable bonds is 1. The highest BCUT2D eigenvalue weighted by molar-refractivity contribution is 5.95. The minimum absolute atomic E-state index is 0.0411. The van der Waals surface area contributed by atoms with Gasteiger partial charge in [0.25, 0.3) is 0 Å². The third-order valence-electron chi connectivity index (χ3n) is 1.09. The molecule has 0 aromatic heterocycles. The molecule has 0 aliphatic carbocycles. The lowest BCUT2D eigenvalue weighted by Crippen LogP contribution is -2.18. The molecule has 10 heavy (non-hydrogen) atoms. The van der Waals surface area contributed by atoms with Gasteiger partial charge in [-0.1, -0.05) is 24.3 Å². The van der Waals surface area contributed by atoms with Crippen LogP contribution in [0.5, 0.6) is 0 Å². The second-order valence-corrected chi connectivity index (χ2v) is 1.76. The van der Waals surface area contributed by atoms with Gasteiger partial charge in [-0.25, -0.2) is 0 Å². The Balaban J connectivity index is 2.85. The summed E-state index contributed by atoms with van der Waals surface area (Å²) in [5.74, 6) is -0.0411. The molecular formula is C7H7N2O. The molecule has 0 aliphatic rings. The molecule has 0 fully saturated rings. The summed E-state index contributed by atoms with van der Waals surface area (Å²) in [6, 6.07) is 9.72. The number of hydrogen-bond donors (Lipinski definition) is 3. The highest BCUT2D eigenvalue weighted by atomic mass is 16.5. The molecule has 3 nitrogen and oxygen atoms in total. The largest absolute Gasteiger partial charge is 0.290 e. The Morgan fingerprint density at radius 2 is 2.40 bits per heavy atom. The van der Waals surface area contributed by atoms with Crippen LogP contribution in [0.15, 0.2) is 24.3 Å². The first-order chi connectivity index (χ1) is 4.84. The predicted octanol–water partition coefficient (Wildman–Crippen LogP) is 0.791. The molecule has 0 spiro atoms. The maximum atomic E-state index is 8.29.